The summed E-state index contributed by atoms with van der Waals surface area (Å²) in [6, 6.07) is 4.11. The summed E-state index contributed by atoms with van der Waals surface area (Å²) < 4.78 is 0. The first kappa shape index (κ1) is 9.20. The van der Waals surface area contributed by atoms with Gasteiger partial charge in [0.1, 0.15) is 0 Å². The molecule has 1 rings (SSSR count). The van der Waals surface area contributed by atoms with Crippen molar-refractivity contribution >= 4 is 0 Å². The van der Waals surface area contributed by atoms with Crippen LogP contribution in [0.5, 0.6) is 0 Å². The molecule has 0 fully saturated rings. The van der Waals surface area contributed by atoms with Crippen LogP contribution in [0.2, 0.25) is 0 Å². The van der Waals surface area contributed by atoms with Crippen molar-refractivity contribution in [2.24, 2.45) is 0 Å². The lowest BCUT2D eigenvalue weighted by atomic mass is 10.0. The SMILES string of the molecule is CNCc1cccnc1C(C)C. The standard InChI is InChI=1S/C10H16N2/c1-8(2)10-9(7-11-3)5-4-6-12-10/h4-6,8,11H,7H2,1-3H3. The van der Waals surface area contributed by atoms with E-state index in [1.165, 1.54) is 11.3 Å². The number of rotatable bonds is 3. The Morgan fingerprint density at radius 1 is 1.50 bits per heavy atom. The Balaban J connectivity index is 2.92. The highest BCUT2D eigenvalue weighted by molar-refractivity contribution is 5.22. The molecule has 0 aliphatic rings. The van der Waals surface area contributed by atoms with Crippen LogP contribution >= 0.6 is 0 Å². The summed E-state index contributed by atoms with van der Waals surface area (Å²) in [6.07, 6.45) is 1.86. The quantitative estimate of drug-likeness (QED) is 0.738. The van der Waals surface area contributed by atoms with Crippen LogP contribution in [-0.4, -0.2) is 12.0 Å². The van der Waals surface area contributed by atoms with Gasteiger partial charge >= 0.3 is 0 Å². The summed E-state index contributed by atoms with van der Waals surface area (Å²) in [5.41, 5.74) is 2.50. The van der Waals surface area contributed by atoms with Crippen LogP contribution < -0.4 is 5.32 Å². The third kappa shape index (κ3) is 2.05. The Morgan fingerprint density at radius 3 is 2.83 bits per heavy atom. The Hall–Kier alpha value is -0.890. The largest absolute Gasteiger partial charge is 0.316 e. The number of nitrogens with one attached hydrogen (secondary N) is 1. The average molecular weight is 164 g/mol. The number of pyridine rings is 1. The third-order valence-corrected chi connectivity index (χ3v) is 1.84. The van der Waals surface area contributed by atoms with E-state index in [1.54, 1.807) is 0 Å². The van der Waals surface area contributed by atoms with Gasteiger partial charge in [0.2, 0.25) is 0 Å². The summed E-state index contributed by atoms with van der Waals surface area (Å²) in [7, 11) is 1.96. The predicted molar refractivity (Wildman–Crippen MR) is 51.1 cm³/mol. The van der Waals surface area contributed by atoms with Gasteiger partial charge in [-0.2, -0.15) is 0 Å². The van der Waals surface area contributed by atoms with Gasteiger partial charge in [0.15, 0.2) is 0 Å². The van der Waals surface area contributed by atoms with Crippen molar-refractivity contribution < 1.29 is 0 Å². The molecule has 0 aliphatic heterocycles. The predicted octanol–water partition coefficient (Wildman–Crippen LogP) is 1.92. The molecule has 1 N–H and O–H groups in total. The normalized spacial score (nSPS) is 10.7. The van der Waals surface area contributed by atoms with Crippen molar-refractivity contribution in [1.82, 2.24) is 10.3 Å². The second-order valence-corrected chi connectivity index (χ2v) is 3.23. The zero-order valence-electron chi connectivity index (χ0n) is 7.96. The van der Waals surface area contributed by atoms with E-state index in [4.69, 9.17) is 0 Å². The van der Waals surface area contributed by atoms with Gasteiger partial charge in [0, 0.05) is 18.4 Å². The fraction of sp³-hybridized carbons (Fsp3) is 0.500. The first-order chi connectivity index (χ1) is 5.75. The van der Waals surface area contributed by atoms with E-state index in [9.17, 15) is 0 Å². The maximum absolute atomic E-state index is 4.36. The molecule has 0 aromatic carbocycles. The van der Waals surface area contributed by atoms with Crippen molar-refractivity contribution in [2.75, 3.05) is 7.05 Å². The van der Waals surface area contributed by atoms with E-state index in [-0.39, 0.29) is 0 Å². The van der Waals surface area contributed by atoms with Gasteiger partial charge in [-0.3, -0.25) is 4.98 Å². The fourth-order valence-electron chi connectivity index (χ4n) is 1.31. The molecule has 2 nitrogen and oxygen atoms in total. The molecule has 1 aromatic rings. The minimum Gasteiger partial charge on any atom is -0.316 e. The molecular formula is C10H16N2. The molecule has 2 heteroatoms. The summed E-state index contributed by atoms with van der Waals surface area (Å²) in [5.74, 6) is 0.509. The van der Waals surface area contributed by atoms with Gasteiger partial charge < -0.3 is 5.32 Å². The molecule has 0 amide bonds. The number of hydrogen-bond acceptors (Lipinski definition) is 2. The fourth-order valence-corrected chi connectivity index (χ4v) is 1.31. The molecule has 0 aliphatic carbocycles. The number of hydrogen-bond donors (Lipinski definition) is 1. The van der Waals surface area contributed by atoms with E-state index < -0.39 is 0 Å². The van der Waals surface area contributed by atoms with Crippen molar-refractivity contribution in [2.45, 2.75) is 26.3 Å². The lowest BCUT2D eigenvalue weighted by Crippen LogP contribution is -2.09. The minimum absolute atomic E-state index is 0.509. The molecule has 0 atom stereocenters. The Morgan fingerprint density at radius 2 is 2.25 bits per heavy atom. The van der Waals surface area contributed by atoms with Gasteiger partial charge in [-0.15, -0.1) is 0 Å². The third-order valence-electron chi connectivity index (χ3n) is 1.84. The molecule has 1 heterocycles. The second kappa shape index (κ2) is 4.21. The first-order valence-corrected chi connectivity index (χ1v) is 4.34. The second-order valence-electron chi connectivity index (χ2n) is 3.23. The molecular weight excluding hydrogens is 148 g/mol. The van der Waals surface area contributed by atoms with Crippen molar-refractivity contribution in [3.8, 4) is 0 Å². The molecule has 66 valence electrons. The van der Waals surface area contributed by atoms with E-state index in [0.29, 0.717) is 5.92 Å². The highest BCUT2D eigenvalue weighted by Gasteiger charge is 2.05. The molecule has 1 aromatic heterocycles. The van der Waals surface area contributed by atoms with Crippen LogP contribution in [-0.2, 0) is 6.54 Å². The first-order valence-electron chi connectivity index (χ1n) is 4.34. The Bertz CT molecular complexity index is 243. The molecule has 12 heavy (non-hydrogen) atoms. The van der Waals surface area contributed by atoms with Crippen LogP contribution in [0.25, 0.3) is 0 Å². The zero-order chi connectivity index (χ0) is 8.97. The van der Waals surface area contributed by atoms with Crippen LogP contribution in [0.15, 0.2) is 18.3 Å². The van der Waals surface area contributed by atoms with Gasteiger partial charge in [0.05, 0.1) is 0 Å². The van der Waals surface area contributed by atoms with Crippen LogP contribution in [0.4, 0.5) is 0 Å². The van der Waals surface area contributed by atoms with E-state index in [0.717, 1.165) is 6.54 Å². The Labute approximate surface area is 74.0 Å². The summed E-state index contributed by atoms with van der Waals surface area (Å²) in [4.78, 5) is 4.36. The van der Waals surface area contributed by atoms with Crippen molar-refractivity contribution in [1.29, 1.82) is 0 Å². The molecule has 0 spiro atoms. The van der Waals surface area contributed by atoms with Crippen LogP contribution in [0.3, 0.4) is 0 Å². The van der Waals surface area contributed by atoms with E-state index in [1.807, 2.05) is 19.3 Å². The zero-order valence-corrected chi connectivity index (χ0v) is 7.96. The summed E-state index contributed by atoms with van der Waals surface area (Å²) in [6.45, 7) is 5.24. The molecule has 0 saturated heterocycles. The number of aromatic nitrogens is 1. The highest BCUT2D eigenvalue weighted by Crippen LogP contribution is 2.15. The number of nitrogens with zero attached hydrogens (tertiary/aromatic N) is 1. The van der Waals surface area contributed by atoms with Crippen molar-refractivity contribution in [3.05, 3.63) is 29.6 Å². The lowest BCUT2D eigenvalue weighted by Gasteiger charge is -2.09. The summed E-state index contributed by atoms with van der Waals surface area (Å²) >= 11 is 0. The molecule has 0 bridgehead atoms. The summed E-state index contributed by atoms with van der Waals surface area (Å²) in [5, 5.41) is 3.14. The van der Waals surface area contributed by atoms with E-state index in [2.05, 4.69) is 30.2 Å². The van der Waals surface area contributed by atoms with Gasteiger partial charge in [0.25, 0.3) is 0 Å². The van der Waals surface area contributed by atoms with Crippen LogP contribution in [0.1, 0.15) is 31.0 Å². The van der Waals surface area contributed by atoms with Crippen molar-refractivity contribution in [3.63, 3.8) is 0 Å². The van der Waals surface area contributed by atoms with Gasteiger partial charge in [-0.05, 0) is 24.6 Å². The topological polar surface area (TPSA) is 24.9 Å². The smallest absolute Gasteiger partial charge is 0.0473 e. The highest BCUT2D eigenvalue weighted by atomic mass is 14.8. The van der Waals surface area contributed by atoms with Gasteiger partial charge in [-0.1, -0.05) is 19.9 Å². The monoisotopic (exact) mass is 164 g/mol. The van der Waals surface area contributed by atoms with E-state index >= 15 is 0 Å². The molecule has 0 radical (unpaired) electrons. The van der Waals surface area contributed by atoms with Gasteiger partial charge in [-0.25, -0.2) is 0 Å². The van der Waals surface area contributed by atoms with Crippen LogP contribution in [0, 0.1) is 0 Å². The molecule has 0 unspecified atom stereocenters. The Kier molecular flexibility index (Phi) is 3.23. The maximum Gasteiger partial charge on any atom is 0.0473 e. The lowest BCUT2D eigenvalue weighted by molar-refractivity contribution is 0.751. The average Bonchev–Trinajstić information content (AvgIpc) is 2.05. The minimum atomic E-state index is 0.509. The molecule has 0 saturated carbocycles. The maximum atomic E-state index is 4.36.